The summed E-state index contributed by atoms with van der Waals surface area (Å²) in [6, 6.07) is 12.1. The fraction of sp³-hybridized carbons (Fsp3) is 0.0588. The summed E-state index contributed by atoms with van der Waals surface area (Å²) in [5, 5.41) is 6.17. The fourth-order valence-corrected chi connectivity index (χ4v) is 3.30. The Bertz CT molecular complexity index is 896. The molecule has 0 bridgehead atoms. The highest BCUT2D eigenvalue weighted by molar-refractivity contribution is 7.14. The van der Waals surface area contributed by atoms with Gasteiger partial charge in [0.05, 0.1) is 17.8 Å². The molecule has 3 aromatic rings. The molecule has 7 heteroatoms. The Kier molecular flexibility index (Phi) is 5.04. The number of ether oxygens (including phenoxy) is 1. The average Bonchev–Trinajstić information content (AvgIpc) is 3.03. The molecule has 0 aliphatic rings. The second-order valence-corrected chi connectivity index (χ2v) is 6.55. The van der Waals surface area contributed by atoms with Gasteiger partial charge >= 0.3 is 0 Å². The highest BCUT2D eigenvalue weighted by Crippen LogP contribution is 2.32. The van der Waals surface area contributed by atoms with Gasteiger partial charge in [0, 0.05) is 21.5 Å². The number of nitrogens with one attached hydrogen (secondary N) is 1. The summed E-state index contributed by atoms with van der Waals surface area (Å²) >= 11 is 13.4. The summed E-state index contributed by atoms with van der Waals surface area (Å²) in [5.74, 6) is 0.368. The summed E-state index contributed by atoms with van der Waals surface area (Å²) < 4.78 is 5.12. The number of aromatic nitrogens is 1. The van der Waals surface area contributed by atoms with Crippen LogP contribution < -0.4 is 10.1 Å². The molecule has 24 heavy (non-hydrogen) atoms. The minimum absolute atomic E-state index is 0.253. The average molecular weight is 379 g/mol. The van der Waals surface area contributed by atoms with Crippen LogP contribution in [0, 0.1) is 0 Å². The van der Waals surface area contributed by atoms with Crippen molar-refractivity contribution in [2.24, 2.45) is 0 Å². The molecular formula is C17H12Cl2N2O2S. The van der Waals surface area contributed by atoms with Crippen LogP contribution in [0.3, 0.4) is 0 Å². The van der Waals surface area contributed by atoms with Gasteiger partial charge in [-0.05, 0) is 36.4 Å². The SMILES string of the molecule is COc1cccc(C(=O)Nc2nc(-c3ccc(Cl)cc3Cl)cs2)c1. The van der Waals surface area contributed by atoms with E-state index in [-0.39, 0.29) is 5.91 Å². The lowest BCUT2D eigenvalue weighted by Crippen LogP contribution is -2.11. The molecule has 122 valence electrons. The van der Waals surface area contributed by atoms with Crippen molar-refractivity contribution in [2.45, 2.75) is 0 Å². The van der Waals surface area contributed by atoms with Gasteiger partial charge in [-0.2, -0.15) is 0 Å². The molecule has 0 atom stereocenters. The van der Waals surface area contributed by atoms with E-state index in [1.54, 1.807) is 49.6 Å². The normalized spacial score (nSPS) is 10.5. The maximum atomic E-state index is 12.3. The van der Waals surface area contributed by atoms with Gasteiger partial charge in [-0.1, -0.05) is 29.3 Å². The van der Waals surface area contributed by atoms with Crippen molar-refractivity contribution >= 4 is 45.6 Å². The summed E-state index contributed by atoms with van der Waals surface area (Å²) in [7, 11) is 1.56. The smallest absolute Gasteiger partial charge is 0.257 e. The third-order valence-electron chi connectivity index (χ3n) is 3.26. The van der Waals surface area contributed by atoms with Crippen molar-refractivity contribution in [1.82, 2.24) is 4.98 Å². The van der Waals surface area contributed by atoms with Gasteiger partial charge in [-0.3, -0.25) is 10.1 Å². The van der Waals surface area contributed by atoms with Gasteiger partial charge in [-0.15, -0.1) is 11.3 Å². The van der Waals surface area contributed by atoms with Crippen molar-refractivity contribution in [3.63, 3.8) is 0 Å². The first kappa shape index (κ1) is 16.8. The highest BCUT2D eigenvalue weighted by atomic mass is 35.5. The number of rotatable bonds is 4. The Balaban J connectivity index is 1.79. The van der Waals surface area contributed by atoms with Crippen molar-refractivity contribution in [3.05, 3.63) is 63.5 Å². The van der Waals surface area contributed by atoms with Crippen molar-refractivity contribution in [2.75, 3.05) is 12.4 Å². The lowest BCUT2D eigenvalue weighted by atomic mass is 10.2. The zero-order valence-corrected chi connectivity index (χ0v) is 14.9. The second-order valence-electron chi connectivity index (χ2n) is 4.85. The molecule has 0 fully saturated rings. The van der Waals surface area contributed by atoms with Gasteiger partial charge < -0.3 is 4.74 Å². The number of nitrogens with zero attached hydrogens (tertiary/aromatic N) is 1. The Labute approximate surface area is 153 Å². The number of halogens is 2. The summed E-state index contributed by atoms with van der Waals surface area (Å²) in [5.41, 5.74) is 1.94. The first-order valence-corrected chi connectivity index (χ1v) is 8.57. The molecule has 0 unspecified atom stereocenters. The van der Waals surface area contributed by atoms with Crippen LogP contribution in [0.4, 0.5) is 5.13 Å². The number of hydrogen-bond acceptors (Lipinski definition) is 4. The first-order valence-electron chi connectivity index (χ1n) is 6.93. The van der Waals surface area contributed by atoms with E-state index in [1.807, 2.05) is 5.38 Å². The topological polar surface area (TPSA) is 51.2 Å². The van der Waals surface area contributed by atoms with E-state index in [0.717, 1.165) is 5.56 Å². The molecule has 3 rings (SSSR count). The van der Waals surface area contributed by atoms with E-state index in [4.69, 9.17) is 27.9 Å². The van der Waals surface area contributed by atoms with Crippen LogP contribution in [-0.4, -0.2) is 18.0 Å². The van der Waals surface area contributed by atoms with Crippen LogP contribution in [0.2, 0.25) is 10.0 Å². The fourth-order valence-electron chi connectivity index (χ4n) is 2.09. The first-order chi connectivity index (χ1) is 11.6. The molecule has 2 aromatic carbocycles. The zero-order valence-electron chi connectivity index (χ0n) is 12.5. The van der Waals surface area contributed by atoms with Gasteiger partial charge in [-0.25, -0.2) is 4.98 Å². The van der Waals surface area contributed by atoms with Crippen LogP contribution in [0.5, 0.6) is 5.75 Å². The van der Waals surface area contributed by atoms with E-state index in [2.05, 4.69) is 10.3 Å². The van der Waals surface area contributed by atoms with Crippen LogP contribution >= 0.6 is 34.5 Å². The second kappa shape index (κ2) is 7.21. The molecule has 1 N–H and O–H groups in total. The number of amides is 1. The lowest BCUT2D eigenvalue weighted by Gasteiger charge is -2.04. The lowest BCUT2D eigenvalue weighted by molar-refractivity contribution is 0.102. The molecule has 0 aliphatic heterocycles. The largest absolute Gasteiger partial charge is 0.497 e. The molecule has 1 heterocycles. The minimum Gasteiger partial charge on any atom is -0.497 e. The molecule has 0 spiro atoms. The monoisotopic (exact) mass is 378 g/mol. The summed E-state index contributed by atoms with van der Waals surface area (Å²) in [6.07, 6.45) is 0. The van der Waals surface area contributed by atoms with Crippen LogP contribution in [-0.2, 0) is 0 Å². The maximum absolute atomic E-state index is 12.3. The van der Waals surface area contributed by atoms with Gasteiger partial charge in [0.15, 0.2) is 5.13 Å². The van der Waals surface area contributed by atoms with Crippen LogP contribution in [0.25, 0.3) is 11.3 Å². The number of carbonyl (C=O) groups excluding carboxylic acids is 1. The quantitative estimate of drug-likeness (QED) is 0.662. The molecule has 0 radical (unpaired) electrons. The Morgan fingerprint density at radius 1 is 1.21 bits per heavy atom. The molecule has 1 amide bonds. The predicted octanol–water partition coefficient (Wildman–Crippen LogP) is 5.38. The van der Waals surface area contributed by atoms with Crippen molar-refractivity contribution in [1.29, 1.82) is 0 Å². The summed E-state index contributed by atoms with van der Waals surface area (Å²) in [6.45, 7) is 0. The number of benzene rings is 2. The maximum Gasteiger partial charge on any atom is 0.257 e. The molecule has 0 saturated heterocycles. The number of carbonyl (C=O) groups is 1. The molecule has 0 saturated carbocycles. The Morgan fingerprint density at radius 2 is 2.04 bits per heavy atom. The van der Waals surface area contributed by atoms with E-state index >= 15 is 0 Å². The minimum atomic E-state index is -0.253. The van der Waals surface area contributed by atoms with E-state index < -0.39 is 0 Å². The third-order valence-corrected chi connectivity index (χ3v) is 4.57. The predicted molar refractivity (Wildman–Crippen MR) is 98.5 cm³/mol. The highest BCUT2D eigenvalue weighted by Gasteiger charge is 2.12. The zero-order chi connectivity index (χ0) is 17.1. The van der Waals surface area contributed by atoms with Gasteiger partial charge in [0.2, 0.25) is 0 Å². The molecule has 1 aromatic heterocycles. The van der Waals surface area contributed by atoms with E-state index in [9.17, 15) is 4.79 Å². The van der Waals surface area contributed by atoms with Crippen molar-refractivity contribution < 1.29 is 9.53 Å². The molecule has 0 aliphatic carbocycles. The Morgan fingerprint density at radius 3 is 2.79 bits per heavy atom. The van der Waals surface area contributed by atoms with Crippen LogP contribution in [0.1, 0.15) is 10.4 Å². The third kappa shape index (κ3) is 3.70. The van der Waals surface area contributed by atoms with E-state index in [0.29, 0.717) is 32.2 Å². The number of hydrogen-bond donors (Lipinski definition) is 1. The molecular weight excluding hydrogens is 367 g/mol. The van der Waals surface area contributed by atoms with Gasteiger partial charge in [0.1, 0.15) is 5.75 Å². The standard InChI is InChI=1S/C17H12Cl2N2O2S/c1-23-12-4-2-3-10(7-12)16(22)21-17-20-15(9-24-17)13-6-5-11(18)8-14(13)19/h2-9H,1H3,(H,20,21,22). The van der Waals surface area contributed by atoms with Crippen LogP contribution in [0.15, 0.2) is 47.8 Å². The number of anilines is 1. The summed E-state index contributed by atoms with van der Waals surface area (Å²) in [4.78, 5) is 16.7. The molecule has 4 nitrogen and oxygen atoms in total. The van der Waals surface area contributed by atoms with Crippen molar-refractivity contribution in [3.8, 4) is 17.0 Å². The number of thiazole rings is 1. The van der Waals surface area contributed by atoms with E-state index in [1.165, 1.54) is 11.3 Å². The Hall–Kier alpha value is -2.08. The number of methoxy groups -OCH3 is 1. The van der Waals surface area contributed by atoms with Gasteiger partial charge in [0.25, 0.3) is 5.91 Å².